The molecule has 152 valence electrons. The number of ether oxygens (including phenoxy) is 1. The molecule has 30 heavy (non-hydrogen) atoms. The van der Waals surface area contributed by atoms with Crippen molar-refractivity contribution in [3.05, 3.63) is 76.3 Å². The summed E-state index contributed by atoms with van der Waals surface area (Å²) < 4.78 is 7.15. The summed E-state index contributed by atoms with van der Waals surface area (Å²) in [7, 11) is 1.55. The molecule has 0 saturated carbocycles. The number of hydrogen-bond donors (Lipinski definition) is 1. The molecule has 1 aromatic carbocycles. The minimum absolute atomic E-state index is 0.0909. The van der Waals surface area contributed by atoms with E-state index in [1.54, 1.807) is 32.3 Å². The highest BCUT2D eigenvalue weighted by atomic mass is 16.5. The molecule has 2 amide bonds. The van der Waals surface area contributed by atoms with Crippen LogP contribution in [0.25, 0.3) is 5.69 Å². The fraction of sp³-hybridized carbons (Fsp3) is 0.190. The lowest BCUT2D eigenvalue weighted by molar-refractivity contribution is -0.120. The topological polar surface area (TPSA) is 106 Å². The molecule has 1 aliphatic heterocycles. The van der Waals surface area contributed by atoms with E-state index in [9.17, 15) is 14.4 Å². The molecule has 0 fully saturated rings. The second-order valence-electron chi connectivity index (χ2n) is 6.81. The number of nitrogens with zero attached hydrogens (tertiary/aromatic N) is 4. The molecular formula is C21H19N5O4. The van der Waals surface area contributed by atoms with Gasteiger partial charge >= 0.3 is 0 Å². The minimum Gasteiger partial charge on any atom is -0.487 e. The summed E-state index contributed by atoms with van der Waals surface area (Å²) in [6, 6.07) is 12.9. The molecular weight excluding hydrogens is 386 g/mol. The number of para-hydroxylation sites is 1. The van der Waals surface area contributed by atoms with Gasteiger partial charge in [-0.1, -0.05) is 18.2 Å². The Labute approximate surface area is 171 Å². The molecule has 0 spiro atoms. The molecule has 0 radical (unpaired) electrons. The third-order valence-corrected chi connectivity index (χ3v) is 4.73. The van der Waals surface area contributed by atoms with Gasteiger partial charge < -0.3 is 10.1 Å². The zero-order valence-electron chi connectivity index (χ0n) is 16.4. The predicted octanol–water partition coefficient (Wildman–Crippen LogP) is 1.09. The van der Waals surface area contributed by atoms with E-state index < -0.39 is 23.3 Å². The Bertz CT molecular complexity index is 1180. The van der Waals surface area contributed by atoms with E-state index >= 15 is 0 Å². The molecule has 3 aromatic rings. The smallest absolute Gasteiger partial charge is 0.276 e. The van der Waals surface area contributed by atoms with Crippen LogP contribution in [0.1, 0.15) is 16.2 Å². The third kappa shape index (κ3) is 3.52. The van der Waals surface area contributed by atoms with Gasteiger partial charge in [-0.2, -0.15) is 5.10 Å². The molecule has 0 aliphatic carbocycles. The lowest BCUT2D eigenvalue weighted by Crippen LogP contribution is -2.50. The third-order valence-electron chi connectivity index (χ3n) is 4.73. The normalized spacial score (nSPS) is 15.7. The van der Waals surface area contributed by atoms with Crippen LogP contribution in [0.5, 0.6) is 5.75 Å². The van der Waals surface area contributed by atoms with Gasteiger partial charge in [-0.15, -0.1) is 0 Å². The number of anilines is 1. The molecule has 0 unspecified atom stereocenters. The number of pyridine rings is 1. The number of hydrogen-bond acceptors (Lipinski definition) is 6. The van der Waals surface area contributed by atoms with Crippen LogP contribution in [0.15, 0.2) is 59.5 Å². The second-order valence-corrected chi connectivity index (χ2v) is 6.81. The van der Waals surface area contributed by atoms with Crippen LogP contribution in [0.4, 0.5) is 5.82 Å². The van der Waals surface area contributed by atoms with E-state index in [-0.39, 0.29) is 12.3 Å². The van der Waals surface area contributed by atoms with Gasteiger partial charge in [0.2, 0.25) is 5.43 Å². The zero-order valence-corrected chi connectivity index (χ0v) is 16.4. The Morgan fingerprint density at radius 3 is 2.70 bits per heavy atom. The molecule has 2 aromatic heterocycles. The van der Waals surface area contributed by atoms with Crippen molar-refractivity contribution in [1.29, 1.82) is 0 Å². The Balaban J connectivity index is 1.62. The number of likely N-dealkylation sites (N-methyl/N-ethyl adjacent to an activating group) is 1. The molecule has 9 nitrogen and oxygen atoms in total. The summed E-state index contributed by atoms with van der Waals surface area (Å²) in [5.74, 6) is -0.362. The molecule has 0 saturated heterocycles. The standard InChI is InChI=1S/C21H19N5O4/c1-13-11-16(27)18(24-26(13)14-7-4-3-5-8-14)20(28)23-15-12-30-17-9-6-10-22-19(17)25(2)21(15)29/h3-11,15H,12H2,1-2H3,(H,23,28)/t15-/m0/s1. The fourth-order valence-electron chi connectivity index (χ4n) is 3.19. The fourth-order valence-corrected chi connectivity index (χ4v) is 3.19. The molecule has 1 atom stereocenters. The van der Waals surface area contributed by atoms with E-state index in [2.05, 4.69) is 15.4 Å². The van der Waals surface area contributed by atoms with E-state index in [0.717, 1.165) is 0 Å². The highest BCUT2D eigenvalue weighted by molar-refractivity contribution is 6.02. The van der Waals surface area contributed by atoms with Crippen LogP contribution < -0.4 is 20.4 Å². The first-order valence-electron chi connectivity index (χ1n) is 9.28. The van der Waals surface area contributed by atoms with Crippen molar-refractivity contribution in [1.82, 2.24) is 20.1 Å². The first-order chi connectivity index (χ1) is 14.5. The molecule has 4 rings (SSSR count). The lowest BCUT2D eigenvalue weighted by atomic mass is 10.2. The maximum atomic E-state index is 12.8. The summed E-state index contributed by atoms with van der Waals surface area (Å²) >= 11 is 0. The first-order valence-corrected chi connectivity index (χ1v) is 9.28. The average Bonchev–Trinajstić information content (AvgIpc) is 2.87. The molecule has 1 N–H and O–H groups in total. The maximum absolute atomic E-state index is 12.8. The lowest BCUT2D eigenvalue weighted by Gasteiger charge is -2.19. The van der Waals surface area contributed by atoms with Gasteiger partial charge in [0.25, 0.3) is 11.8 Å². The Morgan fingerprint density at radius 1 is 1.17 bits per heavy atom. The van der Waals surface area contributed by atoms with Crippen molar-refractivity contribution in [3.63, 3.8) is 0 Å². The number of amides is 2. The van der Waals surface area contributed by atoms with Gasteiger partial charge in [0.05, 0.1) is 5.69 Å². The van der Waals surface area contributed by atoms with E-state index in [1.165, 1.54) is 15.6 Å². The van der Waals surface area contributed by atoms with Crippen molar-refractivity contribution < 1.29 is 14.3 Å². The van der Waals surface area contributed by atoms with Crippen LogP contribution in [0.2, 0.25) is 0 Å². The van der Waals surface area contributed by atoms with Crippen molar-refractivity contribution in [2.45, 2.75) is 13.0 Å². The number of carbonyl (C=O) groups excluding carboxylic acids is 2. The molecule has 9 heteroatoms. The highest BCUT2D eigenvalue weighted by Gasteiger charge is 2.32. The van der Waals surface area contributed by atoms with E-state index in [4.69, 9.17) is 4.74 Å². The van der Waals surface area contributed by atoms with E-state index in [0.29, 0.717) is 22.9 Å². The van der Waals surface area contributed by atoms with Gasteiger partial charge in [-0.05, 0) is 31.2 Å². The number of benzene rings is 1. The molecule has 0 bridgehead atoms. The molecule has 1 aliphatic rings. The number of nitrogens with one attached hydrogen (secondary N) is 1. The predicted molar refractivity (Wildman–Crippen MR) is 109 cm³/mol. The second kappa shape index (κ2) is 7.78. The molecule has 3 heterocycles. The average molecular weight is 405 g/mol. The van der Waals surface area contributed by atoms with Gasteiger partial charge in [-0.25, -0.2) is 9.67 Å². The van der Waals surface area contributed by atoms with Crippen LogP contribution in [-0.4, -0.2) is 46.3 Å². The zero-order chi connectivity index (χ0) is 21.3. The first kappa shape index (κ1) is 19.3. The van der Waals surface area contributed by atoms with Crippen LogP contribution in [0.3, 0.4) is 0 Å². The number of aryl methyl sites for hydroxylation is 1. The van der Waals surface area contributed by atoms with Crippen LogP contribution in [0, 0.1) is 6.92 Å². The van der Waals surface area contributed by atoms with Crippen LogP contribution >= 0.6 is 0 Å². The summed E-state index contributed by atoms with van der Waals surface area (Å²) in [4.78, 5) is 43.5. The van der Waals surface area contributed by atoms with Crippen molar-refractivity contribution in [2.24, 2.45) is 0 Å². The number of aromatic nitrogens is 3. The van der Waals surface area contributed by atoms with Gasteiger partial charge in [0.1, 0.15) is 12.6 Å². The quantitative estimate of drug-likeness (QED) is 0.699. The number of rotatable bonds is 3. The van der Waals surface area contributed by atoms with Gasteiger partial charge in [0.15, 0.2) is 17.3 Å². The number of fused-ring (bicyclic) bond motifs is 1. The monoisotopic (exact) mass is 405 g/mol. The van der Waals surface area contributed by atoms with Gasteiger partial charge in [0, 0.05) is 25.0 Å². The maximum Gasteiger partial charge on any atom is 0.276 e. The van der Waals surface area contributed by atoms with Crippen LogP contribution in [-0.2, 0) is 4.79 Å². The van der Waals surface area contributed by atoms with Crippen molar-refractivity contribution >= 4 is 17.6 Å². The minimum atomic E-state index is -0.996. The van der Waals surface area contributed by atoms with Crippen molar-refractivity contribution in [3.8, 4) is 11.4 Å². The largest absolute Gasteiger partial charge is 0.487 e. The Kier molecular flexibility index (Phi) is 5.01. The van der Waals surface area contributed by atoms with E-state index in [1.807, 2.05) is 30.3 Å². The SMILES string of the molecule is Cc1cc(=O)c(C(=O)N[C@H]2COc3cccnc3N(C)C2=O)nn1-c1ccccc1. The summed E-state index contributed by atoms with van der Waals surface area (Å²) in [6.07, 6.45) is 1.55. The Hall–Kier alpha value is -4.01. The summed E-state index contributed by atoms with van der Waals surface area (Å²) in [5, 5.41) is 6.80. The summed E-state index contributed by atoms with van der Waals surface area (Å²) in [5.41, 5.74) is 0.453. The number of carbonyl (C=O) groups is 2. The highest BCUT2D eigenvalue weighted by Crippen LogP contribution is 2.27. The van der Waals surface area contributed by atoms with Gasteiger partial charge in [-0.3, -0.25) is 19.3 Å². The van der Waals surface area contributed by atoms with Crippen molar-refractivity contribution in [2.75, 3.05) is 18.6 Å². The Morgan fingerprint density at radius 2 is 1.93 bits per heavy atom. The summed E-state index contributed by atoms with van der Waals surface area (Å²) in [6.45, 7) is 1.64.